The molecule has 4 heterocycles. The van der Waals surface area contributed by atoms with Gasteiger partial charge in [0.2, 0.25) is 30.2 Å². The van der Waals surface area contributed by atoms with Gasteiger partial charge in [0.05, 0.1) is 55.0 Å². The van der Waals surface area contributed by atoms with Gasteiger partial charge in [0.1, 0.15) is 28.1 Å². The molecule has 0 radical (unpaired) electrons. The van der Waals surface area contributed by atoms with Crippen molar-refractivity contribution in [2.75, 3.05) is 83.5 Å². The number of amides is 2. The average molecular weight is 1320 g/mol. The van der Waals surface area contributed by atoms with Crippen LogP contribution in [-0.2, 0) is 42.9 Å². The van der Waals surface area contributed by atoms with E-state index < -0.39 is 143 Å². The average Bonchev–Trinajstić information content (AvgIpc) is 1.65. The van der Waals surface area contributed by atoms with Crippen molar-refractivity contribution in [2.24, 2.45) is 28.6 Å². The number of allylic oxidation sites excluding steroid dienone is 4. The first-order valence-corrected chi connectivity index (χ1v) is 32.1. The number of piperazine rings is 2. The summed E-state index contributed by atoms with van der Waals surface area (Å²) < 4.78 is 73.8. The molecule has 8 aliphatic rings. The maximum absolute atomic E-state index is 16.6. The Balaban J connectivity index is 0.612. The summed E-state index contributed by atoms with van der Waals surface area (Å²) in [5.74, 6) is -7.20. The first-order valence-electron chi connectivity index (χ1n) is 32.1. The number of benzene rings is 2. The number of ketones is 2. The van der Waals surface area contributed by atoms with Crippen LogP contribution in [0.3, 0.4) is 0 Å². The smallest absolute Gasteiger partial charge is 0.413 e. The number of fused-ring (bicyclic) bond motifs is 7. The Morgan fingerprint density at radius 2 is 1.19 bits per heavy atom. The van der Waals surface area contributed by atoms with E-state index in [1.807, 2.05) is 19.9 Å². The van der Waals surface area contributed by atoms with Crippen LogP contribution in [0.2, 0.25) is 0 Å². The van der Waals surface area contributed by atoms with Crippen LogP contribution in [0.15, 0.2) is 57.9 Å². The Bertz CT molecular complexity index is 4080. The Hall–Kier alpha value is -8.92. The van der Waals surface area contributed by atoms with Crippen LogP contribution in [0.1, 0.15) is 131 Å². The number of aliphatic hydroxyl groups excluding tert-OH is 1. The van der Waals surface area contributed by atoms with E-state index in [4.69, 9.17) is 33.2 Å². The van der Waals surface area contributed by atoms with Crippen LogP contribution in [0.25, 0.3) is 21.8 Å². The van der Waals surface area contributed by atoms with Crippen LogP contribution >= 0.6 is 0 Å². The van der Waals surface area contributed by atoms with Crippen molar-refractivity contribution in [3.05, 3.63) is 91.5 Å². The number of rotatable bonds is 18. The van der Waals surface area contributed by atoms with E-state index in [0.29, 0.717) is 32.1 Å². The van der Waals surface area contributed by atoms with E-state index in [2.05, 4.69) is 0 Å². The fourth-order valence-electron chi connectivity index (χ4n) is 16.2. The second-order valence-corrected chi connectivity index (χ2v) is 26.8. The fourth-order valence-corrected chi connectivity index (χ4v) is 16.2. The molecule has 0 spiro atoms. The van der Waals surface area contributed by atoms with Gasteiger partial charge in [-0.2, -0.15) is 0 Å². The maximum atomic E-state index is 16.6. The maximum Gasteiger partial charge on any atom is 0.413 e. The van der Waals surface area contributed by atoms with Crippen molar-refractivity contribution in [2.45, 2.75) is 134 Å². The number of esters is 3. The van der Waals surface area contributed by atoms with Crippen molar-refractivity contribution in [1.82, 2.24) is 18.9 Å². The van der Waals surface area contributed by atoms with Gasteiger partial charge in [-0.05, 0) is 108 Å². The highest BCUT2D eigenvalue weighted by Gasteiger charge is 2.68. The number of halogens is 2. The minimum Gasteiger partial charge on any atom is -0.492 e. The number of hydrogen-bond donors (Lipinski definition) is 3. The normalized spacial score (nSPS) is 27.1. The van der Waals surface area contributed by atoms with E-state index in [1.165, 1.54) is 42.5 Å². The second-order valence-electron chi connectivity index (χ2n) is 26.8. The number of pyridine rings is 2. The number of Topliss-reactive ketones (excluding diaryl/α,β-unsaturated/α-hetero) is 1. The minimum absolute atomic E-state index is 0.000436. The standard InChI is InChI=1S/C67H76F2N6O20/c1-34-27-71(19-21-72(34)63(86)94-32-92-51(80)14-13-50(79)91-31-49(78)67(88)18-16-45-40-12-7-36-23-39(76)15-17-65(36,3)52(40)48(77)26-66(45,67)4)56-47(69)25-42-54(60(56)90-6)75(38-10-11-38)30-44(58(42)82)62(85)93-33-95-64(87)73-22-20-70(28-35(73)2)55-46(68)24-41-53(59(55)89-5)74(37-8-9-37)29-43(57(41)81)61(83)84/h15,17,23-25,29-30,34-35,37-38,40,45,48,52,77,88H,7-14,16,18-22,26-28,31-33H2,1-6H3,(H,83,84)/t34?,35?,40-,45-,48-,52+,65-,66-,67-/m0/s1. The summed E-state index contributed by atoms with van der Waals surface area (Å²) in [5.41, 5.74) is -4.67. The van der Waals surface area contributed by atoms with Gasteiger partial charge in [-0.15, -0.1) is 0 Å². The Kier molecular flexibility index (Phi) is 17.6. The Labute approximate surface area is 542 Å². The molecule has 26 nitrogen and oxygen atoms in total. The lowest BCUT2D eigenvalue weighted by Crippen LogP contribution is -2.61. The van der Waals surface area contributed by atoms with Gasteiger partial charge in [0, 0.05) is 92.6 Å². The van der Waals surface area contributed by atoms with Crippen LogP contribution in [0.4, 0.5) is 29.7 Å². The number of carboxylic acids is 1. The van der Waals surface area contributed by atoms with Crippen LogP contribution < -0.4 is 30.1 Å². The molecular weight excluding hydrogens is 1250 g/mol. The van der Waals surface area contributed by atoms with Crippen molar-refractivity contribution >= 4 is 80.8 Å². The number of nitrogens with zero attached hydrogens (tertiary/aromatic N) is 6. The molecule has 2 aromatic carbocycles. The summed E-state index contributed by atoms with van der Waals surface area (Å²) in [4.78, 5) is 137. The number of carbonyl (C=O) groups is 8. The molecule has 3 N–H and O–H groups in total. The third-order valence-corrected chi connectivity index (χ3v) is 21.3. The van der Waals surface area contributed by atoms with Gasteiger partial charge >= 0.3 is 36.1 Å². The molecule has 0 bridgehead atoms. The number of aromatic nitrogens is 2. The molecular formula is C67H76F2N6O20. The fraction of sp³-hybridized carbons (Fsp3) is 0.552. The Morgan fingerprint density at radius 3 is 1.71 bits per heavy atom. The molecule has 12 rings (SSSR count). The lowest BCUT2D eigenvalue weighted by atomic mass is 9.46. The highest BCUT2D eigenvalue weighted by atomic mass is 19.1. The molecule has 508 valence electrons. The van der Waals surface area contributed by atoms with Gasteiger partial charge in [-0.25, -0.2) is 28.0 Å². The predicted octanol–water partition coefficient (Wildman–Crippen LogP) is 6.49. The number of methoxy groups -OCH3 is 2. The molecule has 2 saturated heterocycles. The van der Waals surface area contributed by atoms with Gasteiger partial charge in [-0.3, -0.25) is 28.8 Å². The van der Waals surface area contributed by atoms with E-state index in [9.17, 15) is 63.3 Å². The summed E-state index contributed by atoms with van der Waals surface area (Å²) in [6.45, 7) is 4.98. The SMILES string of the molecule is COc1c(N2CCN(C(=O)OCOC(=O)c3cn(C4CC4)c4c(OC)c(N5CCN(C(=O)OCOC(=O)CCC(=O)OCC(=O)[C@@]6(O)CC[C@H]7[C@@H]8CCC9=CC(=O)C=C[C@]9(C)[C@H]8[C@@H](O)C[C@@]76C)C(C)C5)c(F)cc4c3=O)C(C)C2)c(F)cc2c(=O)c(C(=O)O)cn(C3CC3)c12. The second kappa shape index (κ2) is 25.3. The molecule has 7 fully saturated rings. The number of carbonyl (C=O) groups excluding carboxylic acids is 7. The van der Waals surface area contributed by atoms with Crippen LogP contribution in [0.5, 0.6) is 11.5 Å². The number of aromatic carboxylic acids is 1. The number of hydrogen-bond acceptors (Lipinski definition) is 21. The summed E-state index contributed by atoms with van der Waals surface area (Å²) in [6.07, 6.45) is 8.91. The summed E-state index contributed by atoms with van der Waals surface area (Å²) in [5, 5.41) is 33.1. The number of ether oxygens (including phenoxy) is 7. The molecule has 2 amide bonds. The molecule has 2 aliphatic heterocycles. The highest BCUT2D eigenvalue weighted by Crippen LogP contribution is 2.67. The molecule has 95 heavy (non-hydrogen) atoms. The first-order chi connectivity index (χ1) is 45.2. The highest BCUT2D eigenvalue weighted by molar-refractivity contribution is 6.02. The van der Waals surface area contributed by atoms with E-state index >= 15 is 8.78 Å². The van der Waals surface area contributed by atoms with Crippen LogP contribution in [-0.4, -0.2) is 179 Å². The largest absolute Gasteiger partial charge is 0.492 e. The van der Waals surface area contributed by atoms with E-state index in [0.717, 1.165) is 30.5 Å². The third-order valence-electron chi connectivity index (χ3n) is 21.3. The van der Waals surface area contributed by atoms with Crippen LogP contribution in [0, 0.1) is 40.2 Å². The number of aliphatic hydroxyl groups is 2. The van der Waals surface area contributed by atoms with Crippen molar-refractivity contribution < 1.29 is 95.6 Å². The van der Waals surface area contributed by atoms with Gasteiger partial charge < -0.3 is 77.2 Å². The zero-order valence-corrected chi connectivity index (χ0v) is 53.5. The van der Waals surface area contributed by atoms with Crippen molar-refractivity contribution in [3.63, 3.8) is 0 Å². The topological polar surface area (TPSA) is 319 Å². The lowest BCUT2D eigenvalue weighted by molar-refractivity contribution is -0.181. The van der Waals surface area contributed by atoms with Gasteiger partial charge in [-0.1, -0.05) is 25.5 Å². The molecule has 2 aromatic heterocycles. The van der Waals surface area contributed by atoms with Crippen molar-refractivity contribution in [3.8, 4) is 11.5 Å². The van der Waals surface area contributed by atoms with E-state index in [1.54, 1.807) is 38.9 Å². The lowest BCUT2D eigenvalue weighted by Gasteiger charge is -2.59. The monoisotopic (exact) mass is 1320 g/mol. The third kappa shape index (κ3) is 11.7. The molecule has 5 saturated carbocycles. The van der Waals surface area contributed by atoms with Gasteiger partial charge in [0.15, 0.2) is 35.5 Å². The Morgan fingerprint density at radius 1 is 0.674 bits per heavy atom. The molecule has 2 unspecified atom stereocenters. The predicted molar refractivity (Wildman–Crippen MR) is 332 cm³/mol. The number of anilines is 2. The molecule has 6 aliphatic carbocycles. The summed E-state index contributed by atoms with van der Waals surface area (Å²) in [6, 6.07) is 0.442. The minimum atomic E-state index is -1.88. The summed E-state index contributed by atoms with van der Waals surface area (Å²) >= 11 is 0. The zero-order chi connectivity index (χ0) is 67.9. The van der Waals surface area contributed by atoms with Crippen molar-refractivity contribution in [1.29, 1.82) is 0 Å². The zero-order valence-electron chi connectivity index (χ0n) is 53.5. The first kappa shape index (κ1) is 66.1. The van der Waals surface area contributed by atoms with Gasteiger partial charge in [0.25, 0.3) is 0 Å². The molecule has 28 heteroatoms. The molecule has 4 aromatic rings. The summed E-state index contributed by atoms with van der Waals surface area (Å²) in [7, 11) is 2.63. The number of carboxylic acid groups (broad SMARTS) is 1. The molecule has 9 atom stereocenters. The quantitative estimate of drug-likeness (QED) is 0.0544. The van der Waals surface area contributed by atoms with E-state index in [-0.39, 0.29) is 132 Å².